The van der Waals surface area contributed by atoms with Crippen LogP contribution in [0.15, 0.2) is 61.2 Å². The van der Waals surface area contributed by atoms with E-state index in [0.717, 1.165) is 0 Å². The van der Waals surface area contributed by atoms with E-state index in [1.807, 2.05) is 77.7 Å². The molecule has 0 amide bonds. The lowest BCUT2D eigenvalue weighted by Gasteiger charge is -2.01. The molecule has 2 rings (SSSR count). The van der Waals surface area contributed by atoms with Crippen molar-refractivity contribution in [2.75, 3.05) is 0 Å². The molecule has 0 saturated carbocycles. The minimum absolute atomic E-state index is 2.00. The van der Waals surface area contributed by atoms with Crippen LogP contribution >= 0.6 is 0 Å². The highest BCUT2D eigenvalue weighted by atomic mass is 15.0. The second-order valence-electron chi connectivity index (χ2n) is 2.76. The SMILES string of the molecule is [B-]([n+]1ccccc1)[n+]1ccccc1. The average molecular weight is 169 g/mol. The predicted octanol–water partition coefficient (Wildman–Crippen LogP) is 0.192. The highest BCUT2D eigenvalue weighted by Gasteiger charge is 1.98. The molecule has 3 heteroatoms. The summed E-state index contributed by atoms with van der Waals surface area (Å²) >= 11 is 0. The standard InChI is InChI=1S/C10H10BN2/c1-3-7-12(8-4-1)11-13-9-5-2-6-10-13/h1-10H/q+1. The third kappa shape index (κ3) is 2.15. The van der Waals surface area contributed by atoms with Crippen LogP contribution in [-0.4, -0.2) is 7.55 Å². The van der Waals surface area contributed by atoms with Gasteiger partial charge in [-0.3, -0.25) is 0 Å². The third-order valence-corrected chi connectivity index (χ3v) is 1.74. The Bertz CT molecular complexity index is 324. The molecule has 13 heavy (non-hydrogen) atoms. The van der Waals surface area contributed by atoms with Gasteiger partial charge >= 0.3 is 7.55 Å². The zero-order chi connectivity index (χ0) is 8.93. The van der Waals surface area contributed by atoms with Gasteiger partial charge in [-0.25, -0.2) is 0 Å². The quantitative estimate of drug-likeness (QED) is 0.567. The van der Waals surface area contributed by atoms with Crippen molar-refractivity contribution in [2.24, 2.45) is 0 Å². The Morgan fingerprint density at radius 3 is 1.31 bits per heavy atom. The molecule has 0 aliphatic carbocycles. The van der Waals surface area contributed by atoms with Gasteiger partial charge in [-0.05, 0) is 24.3 Å². The number of aromatic nitrogens is 2. The van der Waals surface area contributed by atoms with Crippen molar-refractivity contribution in [1.82, 2.24) is 0 Å². The van der Waals surface area contributed by atoms with Crippen LogP contribution in [0.3, 0.4) is 0 Å². The van der Waals surface area contributed by atoms with Gasteiger partial charge < -0.3 is 8.96 Å². The van der Waals surface area contributed by atoms with E-state index in [1.54, 1.807) is 0 Å². The van der Waals surface area contributed by atoms with Crippen LogP contribution in [0.5, 0.6) is 0 Å². The number of hydrogen-bond acceptors (Lipinski definition) is 0. The van der Waals surface area contributed by atoms with Crippen molar-refractivity contribution in [1.29, 1.82) is 0 Å². The molecule has 2 nitrogen and oxygen atoms in total. The summed E-state index contributed by atoms with van der Waals surface area (Å²) in [5.74, 6) is 0. The van der Waals surface area contributed by atoms with E-state index in [0.29, 0.717) is 0 Å². The molecule has 2 radical (unpaired) electrons. The normalized spacial score (nSPS) is 9.85. The number of rotatable bonds is 2. The van der Waals surface area contributed by atoms with Crippen molar-refractivity contribution in [3.8, 4) is 0 Å². The summed E-state index contributed by atoms with van der Waals surface area (Å²) in [6.07, 6.45) is 8.00. The summed E-state index contributed by atoms with van der Waals surface area (Å²) in [5, 5.41) is 0. The summed E-state index contributed by atoms with van der Waals surface area (Å²) in [7, 11) is 2.00. The van der Waals surface area contributed by atoms with E-state index in [-0.39, 0.29) is 0 Å². The fourth-order valence-corrected chi connectivity index (χ4v) is 1.13. The Hall–Kier alpha value is -1.64. The van der Waals surface area contributed by atoms with Crippen LogP contribution in [0.4, 0.5) is 0 Å². The van der Waals surface area contributed by atoms with Crippen molar-refractivity contribution in [3.63, 3.8) is 0 Å². The van der Waals surface area contributed by atoms with Gasteiger partial charge in [-0.15, -0.1) is 0 Å². The zero-order valence-corrected chi connectivity index (χ0v) is 7.25. The maximum Gasteiger partial charge on any atom is 0.522 e. The van der Waals surface area contributed by atoms with Crippen LogP contribution in [0.1, 0.15) is 0 Å². The maximum absolute atomic E-state index is 2.00. The Morgan fingerprint density at radius 1 is 0.538 bits per heavy atom. The van der Waals surface area contributed by atoms with Gasteiger partial charge in [0.15, 0.2) is 0 Å². The Balaban J connectivity index is 2.16. The van der Waals surface area contributed by atoms with Crippen molar-refractivity contribution < 1.29 is 8.96 Å². The molecular formula is C10H10BN2+. The van der Waals surface area contributed by atoms with Crippen LogP contribution in [0, 0.1) is 0 Å². The first-order valence-electron chi connectivity index (χ1n) is 4.22. The van der Waals surface area contributed by atoms with Crippen molar-refractivity contribution in [2.45, 2.75) is 0 Å². The Morgan fingerprint density at radius 2 is 0.923 bits per heavy atom. The lowest BCUT2D eigenvalue weighted by Crippen LogP contribution is -2.58. The van der Waals surface area contributed by atoms with E-state index >= 15 is 0 Å². The second kappa shape index (κ2) is 3.85. The largest absolute Gasteiger partial charge is 0.522 e. The smallest absolute Gasteiger partial charge is 0.404 e. The van der Waals surface area contributed by atoms with Crippen LogP contribution in [0.2, 0.25) is 0 Å². The number of nitrogens with zero attached hydrogens (tertiary/aromatic N) is 2. The molecule has 0 N–H and O–H groups in total. The summed E-state index contributed by atoms with van der Waals surface area (Å²) in [4.78, 5) is 0. The third-order valence-electron chi connectivity index (χ3n) is 1.74. The maximum atomic E-state index is 2.00. The average Bonchev–Trinajstić information content (AvgIpc) is 2.21. The van der Waals surface area contributed by atoms with Crippen molar-refractivity contribution >= 4 is 7.55 Å². The molecule has 0 unspecified atom stereocenters. The zero-order valence-electron chi connectivity index (χ0n) is 7.25. The minimum Gasteiger partial charge on any atom is -0.404 e. The van der Waals surface area contributed by atoms with Crippen LogP contribution < -0.4 is 8.96 Å². The molecule has 0 aliphatic heterocycles. The van der Waals surface area contributed by atoms with E-state index in [4.69, 9.17) is 0 Å². The fourth-order valence-electron chi connectivity index (χ4n) is 1.13. The van der Waals surface area contributed by atoms with E-state index in [2.05, 4.69) is 0 Å². The first kappa shape index (κ1) is 7.99. The molecule has 2 heterocycles. The Kier molecular flexibility index (Phi) is 2.37. The molecule has 0 bridgehead atoms. The van der Waals surface area contributed by atoms with E-state index in [9.17, 15) is 0 Å². The molecule has 0 aromatic carbocycles. The van der Waals surface area contributed by atoms with Crippen molar-refractivity contribution in [3.05, 3.63) is 61.2 Å². The molecule has 0 saturated heterocycles. The van der Waals surface area contributed by atoms with Gasteiger partial charge in [0.1, 0.15) is 24.8 Å². The highest BCUT2D eigenvalue weighted by molar-refractivity contribution is 6.11. The first-order valence-corrected chi connectivity index (χ1v) is 4.22. The van der Waals surface area contributed by atoms with E-state index in [1.165, 1.54) is 0 Å². The topological polar surface area (TPSA) is 7.76 Å². The molecule has 2 aromatic heterocycles. The van der Waals surface area contributed by atoms with Gasteiger partial charge in [0, 0.05) is 0 Å². The fraction of sp³-hybridized carbons (Fsp3) is 0. The second-order valence-corrected chi connectivity index (χ2v) is 2.76. The van der Waals surface area contributed by atoms with E-state index < -0.39 is 0 Å². The molecule has 0 spiro atoms. The van der Waals surface area contributed by atoms with Gasteiger partial charge in [0.25, 0.3) is 0 Å². The monoisotopic (exact) mass is 169 g/mol. The molecule has 62 valence electrons. The number of pyridine rings is 2. The molecule has 0 fully saturated rings. The summed E-state index contributed by atoms with van der Waals surface area (Å²) < 4.78 is 4.00. The summed E-state index contributed by atoms with van der Waals surface area (Å²) in [6, 6.07) is 12.0. The van der Waals surface area contributed by atoms with Gasteiger partial charge in [0.2, 0.25) is 0 Å². The summed E-state index contributed by atoms with van der Waals surface area (Å²) in [5.41, 5.74) is 0. The molecule has 0 aliphatic rings. The molecular weight excluding hydrogens is 159 g/mol. The number of hydrogen-bond donors (Lipinski definition) is 0. The molecule has 0 atom stereocenters. The van der Waals surface area contributed by atoms with Gasteiger partial charge in [0.05, 0.1) is 0 Å². The van der Waals surface area contributed by atoms with Gasteiger partial charge in [-0.1, -0.05) is 12.1 Å². The summed E-state index contributed by atoms with van der Waals surface area (Å²) in [6.45, 7) is 0. The minimum atomic E-state index is 2.00. The lowest BCUT2D eigenvalue weighted by molar-refractivity contribution is -0.659. The lowest BCUT2D eigenvalue weighted by atomic mass is 10.1. The highest BCUT2D eigenvalue weighted by Crippen LogP contribution is 1.75. The Labute approximate surface area is 78.4 Å². The predicted molar refractivity (Wildman–Crippen MR) is 49.8 cm³/mol. The molecule has 2 aromatic rings. The van der Waals surface area contributed by atoms with Gasteiger partial charge in [-0.2, -0.15) is 0 Å². The van der Waals surface area contributed by atoms with Crippen LogP contribution in [-0.2, 0) is 0 Å². The van der Waals surface area contributed by atoms with Crippen LogP contribution in [0.25, 0.3) is 0 Å². The first-order chi connectivity index (χ1) is 6.45.